The van der Waals surface area contributed by atoms with Gasteiger partial charge in [-0.2, -0.15) is 0 Å². The Morgan fingerprint density at radius 1 is 1.47 bits per heavy atom. The molecule has 0 saturated heterocycles. The van der Waals surface area contributed by atoms with E-state index in [4.69, 9.17) is 0 Å². The van der Waals surface area contributed by atoms with Crippen molar-refractivity contribution in [2.45, 2.75) is 39.8 Å². The highest BCUT2D eigenvalue weighted by Gasteiger charge is 2.23. The second-order valence-corrected chi connectivity index (χ2v) is 6.56. The molecule has 17 heavy (non-hydrogen) atoms. The van der Waals surface area contributed by atoms with Crippen LogP contribution >= 0.6 is 11.3 Å². The third kappa shape index (κ3) is 4.09. The summed E-state index contributed by atoms with van der Waals surface area (Å²) in [5.41, 5.74) is 1.52. The number of rotatable bonds is 7. The maximum Gasteiger partial charge on any atom is 0.0299 e. The summed E-state index contributed by atoms with van der Waals surface area (Å²) in [5, 5.41) is 3.40. The zero-order valence-corrected chi connectivity index (χ0v) is 12.1. The number of nitrogens with one attached hydrogen (secondary N) is 1. The average molecular weight is 252 g/mol. The summed E-state index contributed by atoms with van der Waals surface area (Å²) in [4.78, 5) is 5.43. The van der Waals surface area contributed by atoms with E-state index in [1.54, 1.807) is 0 Å². The van der Waals surface area contributed by atoms with Crippen LogP contribution in [0, 0.1) is 12.8 Å². The van der Waals surface area contributed by atoms with Crippen LogP contribution in [0.3, 0.4) is 0 Å². The smallest absolute Gasteiger partial charge is 0.0299 e. The molecular formula is C14H24N2S. The van der Waals surface area contributed by atoms with Crippen molar-refractivity contribution in [1.29, 1.82) is 0 Å². The molecule has 0 aliphatic heterocycles. The van der Waals surface area contributed by atoms with E-state index in [9.17, 15) is 0 Å². The Morgan fingerprint density at radius 2 is 2.24 bits per heavy atom. The summed E-state index contributed by atoms with van der Waals surface area (Å²) >= 11 is 1.94. The van der Waals surface area contributed by atoms with Gasteiger partial charge in [0.2, 0.25) is 0 Å². The zero-order chi connectivity index (χ0) is 12.3. The lowest BCUT2D eigenvalue weighted by atomic mass is 10.2. The van der Waals surface area contributed by atoms with Crippen LogP contribution < -0.4 is 5.32 Å². The van der Waals surface area contributed by atoms with Crippen molar-refractivity contribution in [2.75, 3.05) is 20.1 Å². The molecule has 2 rings (SSSR count). The van der Waals surface area contributed by atoms with Crippen LogP contribution in [0.25, 0.3) is 0 Å². The van der Waals surface area contributed by atoms with Crippen LogP contribution in [-0.2, 0) is 13.1 Å². The monoisotopic (exact) mass is 252 g/mol. The fourth-order valence-electron chi connectivity index (χ4n) is 2.18. The molecule has 1 heterocycles. The van der Waals surface area contributed by atoms with Crippen LogP contribution in [0.2, 0.25) is 0 Å². The summed E-state index contributed by atoms with van der Waals surface area (Å²) in [6.07, 6.45) is 2.89. The van der Waals surface area contributed by atoms with Crippen molar-refractivity contribution in [1.82, 2.24) is 10.2 Å². The predicted molar refractivity (Wildman–Crippen MR) is 75.5 cm³/mol. The molecule has 0 atom stereocenters. The van der Waals surface area contributed by atoms with E-state index in [0.29, 0.717) is 0 Å². The molecular weight excluding hydrogens is 228 g/mol. The van der Waals surface area contributed by atoms with Gasteiger partial charge in [-0.05, 0) is 50.9 Å². The number of hydrogen-bond donors (Lipinski definition) is 1. The van der Waals surface area contributed by atoms with E-state index in [1.165, 1.54) is 34.7 Å². The lowest BCUT2D eigenvalue weighted by Crippen LogP contribution is -2.20. The van der Waals surface area contributed by atoms with Gasteiger partial charge in [0.25, 0.3) is 0 Å². The van der Waals surface area contributed by atoms with E-state index in [1.807, 2.05) is 11.3 Å². The quantitative estimate of drug-likeness (QED) is 0.802. The average Bonchev–Trinajstić information content (AvgIpc) is 3.01. The molecule has 1 aliphatic carbocycles. The van der Waals surface area contributed by atoms with Gasteiger partial charge in [0.15, 0.2) is 0 Å². The molecule has 1 fully saturated rings. The molecule has 0 aromatic carbocycles. The fourth-order valence-corrected chi connectivity index (χ4v) is 3.20. The molecule has 1 aromatic heterocycles. The van der Waals surface area contributed by atoms with Crippen molar-refractivity contribution in [3.63, 3.8) is 0 Å². The predicted octanol–water partition coefficient (Wildman–Crippen LogP) is 3.01. The summed E-state index contributed by atoms with van der Waals surface area (Å²) < 4.78 is 0. The normalized spacial score (nSPS) is 15.8. The van der Waals surface area contributed by atoms with Gasteiger partial charge in [-0.1, -0.05) is 6.92 Å². The highest BCUT2D eigenvalue weighted by atomic mass is 32.1. The van der Waals surface area contributed by atoms with Crippen molar-refractivity contribution in [2.24, 2.45) is 5.92 Å². The molecule has 0 amide bonds. The maximum atomic E-state index is 3.40. The standard InChI is InChI=1S/C14H24N2S/c1-4-15-8-14-7-13(11(2)17-14)10-16(3)9-12-5-6-12/h7,12,15H,4-6,8-10H2,1-3H3. The number of thiophene rings is 1. The number of aryl methyl sites for hydroxylation is 1. The molecule has 0 unspecified atom stereocenters. The SMILES string of the molecule is CCNCc1cc(CN(C)CC2CC2)c(C)s1. The van der Waals surface area contributed by atoms with Gasteiger partial charge in [0, 0.05) is 29.4 Å². The van der Waals surface area contributed by atoms with Crippen LogP contribution in [0.4, 0.5) is 0 Å². The molecule has 0 radical (unpaired) electrons. The van der Waals surface area contributed by atoms with Gasteiger partial charge in [0.1, 0.15) is 0 Å². The summed E-state index contributed by atoms with van der Waals surface area (Å²) in [6.45, 7) is 8.87. The topological polar surface area (TPSA) is 15.3 Å². The van der Waals surface area contributed by atoms with Crippen LogP contribution in [0.1, 0.15) is 35.1 Å². The summed E-state index contributed by atoms with van der Waals surface area (Å²) in [5.74, 6) is 0.986. The Labute approximate surface area is 109 Å². The second-order valence-electron chi connectivity index (χ2n) is 5.21. The van der Waals surface area contributed by atoms with E-state index in [0.717, 1.165) is 25.6 Å². The van der Waals surface area contributed by atoms with Gasteiger partial charge in [-0.15, -0.1) is 11.3 Å². The minimum absolute atomic E-state index is 0.986. The van der Waals surface area contributed by atoms with E-state index in [2.05, 4.69) is 37.2 Å². The van der Waals surface area contributed by atoms with Gasteiger partial charge in [0.05, 0.1) is 0 Å². The van der Waals surface area contributed by atoms with Crippen molar-refractivity contribution >= 4 is 11.3 Å². The first-order valence-electron chi connectivity index (χ1n) is 6.66. The molecule has 0 bridgehead atoms. The first-order valence-corrected chi connectivity index (χ1v) is 7.48. The molecule has 3 heteroatoms. The molecule has 1 aliphatic rings. The molecule has 1 aromatic rings. The van der Waals surface area contributed by atoms with Crippen molar-refractivity contribution in [3.8, 4) is 0 Å². The molecule has 1 saturated carbocycles. The Kier molecular flexibility index (Phi) is 4.60. The summed E-state index contributed by atoms with van der Waals surface area (Å²) in [7, 11) is 2.25. The van der Waals surface area contributed by atoms with Crippen molar-refractivity contribution in [3.05, 3.63) is 21.4 Å². The van der Waals surface area contributed by atoms with E-state index >= 15 is 0 Å². The van der Waals surface area contributed by atoms with Gasteiger partial charge < -0.3 is 10.2 Å². The van der Waals surface area contributed by atoms with Gasteiger partial charge >= 0.3 is 0 Å². The summed E-state index contributed by atoms with van der Waals surface area (Å²) in [6, 6.07) is 2.38. The van der Waals surface area contributed by atoms with E-state index < -0.39 is 0 Å². The Balaban J connectivity index is 1.87. The largest absolute Gasteiger partial charge is 0.312 e. The number of hydrogen-bond acceptors (Lipinski definition) is 3. The Morgan fingerprint density at radius 3 is 2.88 bits per heavy atom. The molecule has 1 N–H and O–H groups in total. The van der Waals surface area contributed by atoms with Gasteiger partial charge in [-0.3, -0.25) is 0 Å². The minimum atomic E-state index is 0.986. The second kappa shape index (κ2) is 5.98. The highest BCUT2D eigenvalue weighted by Crippen LogP contribution is 2.30. The van der Waals surface area contributed by atoms with Crippen LogP contribution in [0.15, 0.2) is 6.07 Å². The van der Waals surface area contributed by atoms with E-state index in [-0.39, 0.29) is 0 Å². The lowest BCUT2D eigenvalue weighted by Gasteiger charge is -2.15. The molecule has 0 spiro atoms. The first-order chi connectivity index (χ1) is 8.19. The fraction of sp³-hybridized carbons (Fsp3) is 0.714. The number of nitrogens with zero attached hydrogens (tertiary/aromatic N) is 1. The molecule has 96 valence electrons. The van der Waals surface area contributed by atoms with Gasteiger partial charge in [-0.25, -0.2) is 0 Å². The first kappa shape index (κ1) is 13.1. The lowest BCUT2D eigenvalue weighted by molar-refractivity contribution is 0.313. The zero-order valence-electron chi connectivity index (χ0n) is 11.3. The van der Waals surface area contributed by atoms with Crippen LogP contribution in [-0.4, -0.2) is 25.0 Å². The maximum absolute atomic E-state index is 3.40. The highest BCUT2D eigenvalue weighted by molar-refractivity contribution is 7.12. The third-order valence-electron chi connectivity index (χ3n) is 3.33. The third-order valence-corrected chi connectivity index (χ3v) is 4.42. The van der Waals surface area contributed by atoms with Crippen molar-refractivity contribution < 1.29 is 0 Å². The molecule has 2 nitrogen and oxygen atoms in total. The Bertz CT molecular complexity index is 355. The van der Waals surface area contributed by atoms with Crippen LogP contribution in [0.5, 0.6) is 0 Å². The Hall–Kier alpha value is -0.380. The minimum Gasteiger partial charge on any atom is -0.312 e.